The summed E-state index contributed by atoms with van der Waals surface area (Å²) in [6, 6.07) is 10.5. The van der Waals surface area contributed by atoms with Crippen LogP contribution in [0.2, 0.25) is 0 Å². The van der Waals surface area contributed by atoms with Crippen LogP contribution in [0.25, 0.3) is 0 Å². The van der Waals surface area contributed by atoms with Crippen molar-refractivity contribution in [3.63, 3.8) is 0 Å². The molecule has 1 atom stereocenters. The standard InChI is InChI=1S/C16H23N3O/c1-12(2)19-9-8-15(18-19)11-20-16-7-5-4-6-14(16)10-13(3)17/h4-9,12-13H,10-11,17H2,1-3H3. The lowest BCUT2D eigenvalue weighted by Gasteiger charge is -2.12. The van der Waals surface area contributed by atoms with E-state index < -0.39 is 0 Å². The van der Waals surface area contributed by atoms with Gasteiger partial charge in [-0.05, 0) is 44.9 Å². The van der Waals surface area contributed by atoms with Crippen molar-refractivity contribution in [3.8, 4) is 5.75 Å². The highest BCUT2D eigenvalue weighted by molar-refractivity contribution is 5.34. The van der Waals surface area contributed by atoms with Gasteiger partial charge < -0.3 is 10.5 Å². The molecule has 2 rings (SSSR count). The molecule has 0 fully saturated rings. The molecule has 2 N–H and O–H groups in total. The molecular weight excluding hydrogens is 250 g/mol. The molecular formula is C16H23N3O. The smallest absolute Gasteiger partial charge is 0.132 e. The second-order valence-electron chi connectivity index (χ2n) is 5.46. The second-order valence-corrected chi connectivity index (χ2v) is 5.46. The summed E-state index contributed by atoms with van der Waals surface area (Å²) >= 11 is 0. The molecule has 0 amide bonds. The van der Waals surface area contributed by atoms with Crippen molar-refractivity contribution in [2.45, 2.75) is 45.9 Å². The topological polar surface area (TPSA) is 53.1 Å². The van der Waals surface area contributed by atoms with Gasteiger partial charge in [0.15, 0.2) is 0 Å². The molecule has 0 aliphatic rings. The van der Waals surface area contributed by atoms with E-state index in [1.807, 2.05) is 42.1 Å². The highest BCUT2D eigenvalue weighted by atomic mass is 16.5. The van der Waals surface area contributed by atoms with E-state index in [2.05, 4.69) is 25.0 Å². The fourth-order valence-corrected chi connectivity index (χ4v) is 2.05. The Hall–Kier alpha value is -1.81. The van der Waals surface area contributed by atoms with Gasteiger partial charge in [-0.1, -0.05) is 18.2 Å². The zero-order valence-corrected chi connectivity index (χ0v) is 12.4. The summed E-state index contributed by atoms with van der Waals surface area (Å²) in [4.78, 5) is 0. The molecule has 2 aromatic rings. The molecule has 0 bridgehead atoms. The number of benzene rings is 1. The molecule has 0 radical (unpaired) electrons. The molecule has 20 heavy (non-hydrogen) atoms. The van der Waals surface area contributed by atoms with E-state index in [1.54, 1.807) is 0 Å². The largest absolute Gasteiger partial charge is 0.487 e. The van der Waals surface area contributed by atoms with Crippen molar-refractivity contribution in [2.75, 3.05) is 0 Å². The Morgan fingerprint density at radius 2 is 1.95 bits per heavy atom. The summed E-state index contributed by atoms with van der Waals surface area (Å²) in [5.74, 6) is 0.892. The highest BCUT2D eigenvalue weighted by Crippen LogP contribution is 2.20. The van der Waals surface area contributed by atoms with E-state index in [1.165, 1.54) is 0 Å². The van der Waals surface area contributed by atoms with Gasteiger partial charge in [0.1, 0.15) is 12.4 Å². The van der Waals surface area contributed by atoms with Gasteiger partial charge in [-0.2, -0.15) is 5.10 Å². The predicted molar refractivity (Wildman–Crippen MR) is 80.7 cm³/mol. The molecule has 4 nitrogen and oxygen atoms in total. The first kappa shape index (κ1) is 14.6. The Morgan fingerprint density at radius 1 is 1.20 bits per heavy atom. The lowest BCUT2D eigenvalue weighted by atomic mass is 10.1. The van der Waals surface area contributed by atoms with Gasteiger partial charge >= 0.3 is 0 Å². The number of para-hydroxylation sites is 1. The molecule has 4 heteroatoms. The van der Waals surface area contributed by atoms with E-state index in [4.69, 9.17) is 10.5 Å². The predicted octanol–water partition coefficient (Wildman–Crippen LogP) is 2.93. The molecule has 1 heterocycles. The van der Waals surface area contributed by atoms with E-state index in [9.17, 15) is 0 Å². The molecule has 0 aliphatic carbocycles. The van der Waals surface area contributed by atoms with Gasteiger partial charge in [-0.15, -0.1) is 0 Å². The second kappa shape index (κ2) is 6.57. The molecule has 1 unspecified atom stereocenters. The van der Waals surface area contributed by atoms with Crippen LogP contribution in [0.5, 0.6) is 5.75 Å². The Bertz CT molecular complexity index is 546. The van der Waals surface area contributed by atoms with Crippen LogP contribution in [-0.2, 0) is 13.0 Å². The normalized spacial score (nSPS) is 12.7. The van der Waals surface area contributed by atoms with Gasteiger partial charge in [-0.25, -0.2) is 0 Å². The van der Waals surface area contributed by atoms with Gasteiger partial charge in [0.05, 0.1) is 5.69 Å². The number of ether oxygens (including phenoxy) is 1. The van der Waals surface area contributed by atoms with Crippen LogP contribution in [0, 0.1) is 0 Å². The summed E-state index contributed by atoms with van der Waals surface area (Å²) in [6.45, 7) is 6.70. The van der Waals surface area contributed by atoms with Crippen LogP contribution in [-0.4, -0.2) is 15.8 Å². The fraction of sp³-hybridized carbons (Fsp3) is 0.438. The first-order valence-corrected chi connectivity index (χ1v) is 7.06. The zero-order chi connectivity index (χ0) is 14.5. The van der Waals surface area contributed by atoms with E-state index in [-0.39, 0.29) is 6.04 Å². The lowest BCUT2D eigenvalue weighted by Crippen LogP contribution is -2.18. The first-order valence-electron chi connectivity index (χ1n) is 7.06. The molecule has 1 aromatic heterocycles. The Morgan fingerprint density at radius 3 is 2.60 bits per heavy atom. The van der Waals surface area contributed by atoms with E-state index >= 15 is 0 Å². The van der Waals surface area contributed by atoms with E-state index in [0.29, 0.717) is 12.6 Å². The summed E-state index contributed by atoms with van der Waals surface area (Å²) in [7, 11) is 0. The SMILES string of the molecule is CC(N)Cc1ccccc1OCc1ccn(C(C)C)n1. The van der Waals surface area contributed by atoms with Crippen molar-refractivity contribution in [1.82, 2.24) is 9.78 Å². The summed E-state index contributed by atoms with van der Waals surface area (Å²) in [6.07, 6.45) is 2.80. The number of hydrogen-bond acceptors (Lipinski definition) is 3. The van der Waals surface area contributed by atoms with Crippen LogP contribution >= 0.6 is 0 Å². The van der Waals surface area contributed by atoms with Crippen LogP contribution in [0.3, 0.4) is 0 Å². The Labute approximate surface area is 120 Å². The molecule has 0 aliphatic heterocycles. The number of nitrogens with zero attached hydrogens (tertiary/aromatic N) is 2. The molecule has 0 saturated carbocycles. The minimum Gasteiger partial charge on any atom is -0.487 e. The quantitative estimate of drug-likeness (QED) is 0.880. The van der Waals surface area contributed by atoms with Gasteiger partial charge in [-0.3, -0.25) is 4.68 Å². The summed E-state index contributed by atoms with van der Waals surface area (Å²) in [5.41, 5.74) is 7.95. The average Bonchev–Trinajstić information content (AvgIpc) is 2.86. The van der Waals surface area contributed by atoms with E-state index in [0.717, 1.165) is 23.4 Å². The maximum Gasteiger partial charge on any atom is 0.132 e. The molecule has 1 aromatic carbocycles. The highest BCUT2D eigenvalue weighted by Gasteiger charge is 2.07. The first-order chi connectivity index (χ1) is 9.56. The van der Waals surface area contributed by atoms with Crippen molar-refractivity contribution in [3.05, 3.63) is 47.8 Å². The molecule has 108 valence electrons. The minimum atomic E-state index is 0.125. The van der Waals surface area contributed by atoms with Crippen molar-refractivity contribution in [1.29, 1.82) is 0 Å². The van der Waals surface area contributed by atoms with Gasteiger partial charge in [0.2, 0.25) is 0 Å². The third-order valence-electron chi connectivity index (χ3n) is 3.08. The number of hydrogen-bond donors (Lipinski definition) is 1. The van der Waals surface area contributed by atoms with Crippen molar-refractivity contribution >= 4 is 0 Å². The van der Waals surface area contributed by atoms with Crippen molar-refractivity contribution in [2.24, 2.45) is 5.73 Å². The fourth-order valence-electron chi connectivity index (χ4n) is 2.05. The number of aromatic nitrogens is 2. The maximum absolute atomic E-state index is 5.89. The Kier molecular flexibility index (Phi) is 4.79. The molecule has 0 spiro atoms. The third kappa shape index (κ3) is 3.84. The third-order valence-corrected chi connectivity index (χ3v) is 3.08. The van der Waals surface area contributed by atoms with Gasteiger partial charge in [0, 0.05) is 18.3 Å². The lowest BCUT2D eigenvalue weighted by molar-refractivity contribution is 0.295. The zero-order valence-electron chi connectivity index (χ0n) is 12.4. The maximum atomic E-state index is 5.89. The van der Waals surface area contributed by atoms with Crippen molar-refractivity contribution < 1.29 is 4.74 Å². The average molecular weight is 273 g/mol. The van der Waals surface area contributed by atoms with Crippen LogP contribution in [0.15, 0.2) is 36.5 Å². The van der Waals surface area contributed by atoms with Crippen LogP contribution < -0.4 is 10.5 Å². The molecule has 0 saturated heterocycles. The van der Waals surface area contributed by atoms with Crippen LogP contribution in [0.4, 0.5) is 0 Å². The minimum absolute atomic E-state index is 0.125. The summed E-state index contributed by atoms with van der Waals surface area (Å²) in [5, 5.41) is 4.48. The monoisotopic (exact) mass is 273 g/mol. The Balaban J connectivity index is 2.02. The van der Waals surface area contributed by atoms with Crippen LogP contribution in [0.1, 0.15) is 38.1 Å². The number of nitrogens with two attached hydrogens (primary N) is 1. The number of rotatable bonds is 6. The van der Waals surface area contributed by atoms with Gasteiger partial charge in [0.25, 0.3) is 0 Å². The summed E-state index contributed by atoms with van der Waals surface area (Å²) < 4.78 is 7.82.